The number of hydrogen-bond donors (Lipinski definition) is 2. The van der Waals surface area contributed by atoms with E-state index in [0.717, 1.165) is 11.4 Å². The summed E-state index contributed by atoms with van der Waals surface area (Å²) in [7, 11) is 3.91. The van der Waals surface area contributed by atoms with Gasteiger partial charge in [0.05, 0.1) is 0 Å². The lowest BCUT2D eigenvalue weighted by Gasteiger charge is -2.15. The highest BCUT2D eigenvalue weighted by Crippen LogP contribution is 2.12. The molecule has 1 unspecified atom stereocenters. The molecule has 0 saturated carbocycles. The number of nitrogens with one attached hydrogen (secondary N) is 1. The van der Waals surface area contributed by atoms with Gasteiger partial charge in [0, 0.05) is 56.3 Å². The molecule has 1 amide bonds. The normalized spacial score (nSPS) is 11.8. The molecule has 0 aliphatic heterocycles. The number of benzene rings is 1. The highest BCUT2D eigenvalue weighted by Gasteiger charge is 2.12. The molecular weight excluding hydrogens is 290 g/mol. The van der Waals surface area contributed by atoms with E-state index in [1.165, 1.54) is 0 Å². The molecule has 0 spiro atoms. The molecule has 0 aliphatic rings. The molecule has 1 atom stereocenters. The Balaban J connectivity index is 1.89. The van der Waals surface area contributed by atoms with Crippen LogP contribution < -0.4 is 10.2 Å². The summed E-state index contributed by atoms with van der Waals surface area (Å²) < 4.78 is 0. The second kappa shape index (κ2) is 8.29. The van der Waals surface area contributed by atoms with Crippen LogP contribution in [0.2, 0.25) is 0 Å². The largest absolute Gasteiger partial charge is 0.396 e. The molecule has 0 bridgehead atoms. The number of aromatic nitrogens is 1. The maximum Gasteiger partial charge on any atom is 0.251 e. The van der Waals surface area contributed by atoms with Gasteiger partial charge in [-0.3, -0.25) is 9.78 Å². The Morgan fingerprint density at radius 1 is 1.22 bits per heavy atom. The molecule has 0 saturated heterocycles. The molecule has 2 aromatic rings. The number of aliphatic hydroxyl groups excluding tert-OH is 1. The summed E-state index contributed by atoms with van der Waals surface area (Å²) in [6, 6.07) is 13.1. The van der Waals surface area contributed by atoms with Crippen LogP contribution in [0.1, 0.15) is 16.1 Å². The fraction of sp³-hybridized carbons (Fsp3) is 0.333. The van der Waals surface area contributed by atoms with Gasteiger partial charge in [-0.15, -0.1) is 0 Å². The van der Waals surface area contributed by atoms with E-state index in [4.69, 9.17) is 0 Å². The third-order valence-electron chi connectivity index (χ3n) is 3.68. The Kier molecular flexibility index (Phi) is 6.11. The summed E-state index contributed by atoms with van der Waals surface area (Å²) >= 11 is 0. The summed E-state index contributed by atoms with van der Waals surface area (Å²) in [6.45, 7) is 0.428. The van der Waals surface area contributed by atoms with Gasteiger partial charge in [0.15, 0.2) is 0 Å². The Morgan fingerprint density at radius 3 is 2.52 bits per heavy atom. The van der Waals surface area contributed by atoms with Crippen molar-refractivity contribution in [3.05, 3.63) is 59.9 Å². The molecule has 2 rings (SSSR count). The Hall–Kier alpha value is -2.40. The lowest BCUT2D eigenvalue weighted by molar-refractivity contribution is 0.0940. The molecule has 23 heavy (non-hydrogen) atoms. The van der Waals surface area contributed by atoms with E-state index < -0.39 is 0 Å². The number of aliphatic hydroxyl groups is 1. The number of pyridine rings is 1. The number of hydrogen-bond acceptors (Lipinski definition) is 4. The van der Waals surface area contributed by atoms with Gasteiger partial charge in [-0.2, -0.15) is 0 Å². The standard InChI is InChI=1S/C18H23N3O2/c1-21(2)17-8-6-15(7-9-17)18(23)20-12-14(13-22)11-16-5-3-4-10-19-16/h3-10,14,22H,11-13H2,1-2H3,(H,20,23). The molecule has 122 valence electrons. The first-order chi connectivity index (χ1) is 11.1. The van der Waals surface area contributed by atoms with Crippen LogP contribution in [0.15, 0.2) is 48.7 Å². The van der Waals surface area contributed by atoms with Crippen molar-refractivity contribution in [3.63, 3.8) is 0 Å². The van der Waals surface area contributed by atoms with Crippen molar-refractivity contribution < 1.29 is 9.90 Å². The predicted molar refractivity (Wildman–Crippen MR) is 91.6 cm³/mol. The summed E-state index contributed by atoms with van der Waals surface area (Å²) in [6.07, 6.45) is 2.37. The number of rotatable bonds is 7. The summed E-state index contributed by atoms with van der Waals surface area (Å²) in [5, 5.41) is 12.4. The third kappa shape index (κ3) is 5.07. The number of anilines is 1. The second-order valence-electron chi connectivity index (χ2n) is 5.73. The predicted octanol–water partition coefficient (Wildman–Crippen LogP) is 1.73. The summed E-state index contributed by atoms with van der Waals surface area (Å²) in [5.41, 5.74) is 2.58. The average Bonchev–Trinajstić information content (AvgIpc) is 2.59. The number of nitrogens with zero attached hydrogens (tertiary/aromatic N) is 2. The van der Waals surface area contributed by atoms with E-state index in [1.54, 1.807) is 18.3 Å². The van der Waals surface area contributed by atoms with E-state index in [-0.39, 0.29) is 18.4 Å². The molecule has 1 aromatic carbocycles. The zero-order valence-corrected chi connectivity index (χ0v) is 13.6. The molecule has 0 aliphatic carbocycles. The van der Waals surface area contributed by atoms with Crippen molar-refractivity contribution in [3.8, 4) is 0 Å². The summed E-state index contributed by atoms with van der Waals surface area (Å²) in [5.74, 6) is -0.176. The third-order valence-corrected chi connectivity index (χ3v) is 3.68. The Morgan fingerprint density at radius 2 is 1.96 bits per heavy atom. The van der Waals surface area contributed by atoms with Crippen LogP contribution in [0, 0.1) is 5.92 Å². The van der Waals surface area contributed by atoms with E-state index in [1.807, 2.05) is 49.3 Å². The van der Waals surface area contributed by atoms with Crippen molar-refractivity contribution >= 4 is 11.6 Å². The first kappa shape index (κ1) is 17.0. The fourth-order valence-electron chi connectivity index (χ4n) is 2.27. The van der Waals surface area contributed by atoms with Crippen LogP contribution in [0.3, 0.4) is 0 Å². The Bertz CT molecular complexity index is 612. The quantitative estimate of drug-likeness (QED) is 0.817. The maximum atomic E-state index is 12.2. The zero-order chi connectivity index (χ0) is 16.7. The highest BCUT2D eigenvalue weighted by molar-refractivity contribution is 5.94. The number of amides is 1. The molecule has 1 heterocycles. The van der Waals surface area contributed by atoms with Crippen LogP contribution >= 0.6 is 0 Å². The van der Waals surface area contributed by atoms with Gasteiger partial charge in [-0.25, -0.2) is 0 Å². The first-order valence-electron chi connectivity index (χ1n) is 7.66. The van der Waals surface area contributed by atoms with Crippen molar-refractivity contribution in [1.82, 2.24) is 10.3 Å². The smallest absolute Gasteiger partial charge is 0.251 e. The maximum absolute atomic E-state index is 12.2. The minimum absolute atomic E-state index is 0.0103. The van der Waals surface area contributed by atoms with Crippen LogP contribution in [-0.4, -0.2) is 43.2 Å². The zero-order valence-electron chi connectivity index (χ0n) is 13.6. The van der Waals surface area contributed by atoms with Crippen molar-refractivity contribution in [1.29, 1.82) is 0 Å². The molecular formula is C18H23N3O2. The van der Waals surface area contributed by atoms with Gasteiger partial charge >= 0.3 is 0 Å². The monoisotopic (exact) mass is 313 g/mol. The van der Waals surface area contributed by atoms with Crippen molar-refractivity contribution in [2.45, 2.75) is 6.42 Å². The van der Waals surface area contributed by atoms with Crippen molar-refractivity contribution in [2.75, 3.05) is 32.1 Å². The van der Waals surface area contributed by atoms with Crippen LogP contribution in [0.4, 0.5) is 5.69 Å². The van der Waals surface area contributed by atoms with Gasteiger partial charge in [0.25, 0.3) is 5.91 Å². The van der Waals surface area contributed by atoms with E-state index in [9.17, 15) is 9.90 Å². The highest BCUT2D eigenvalue weighted by atomic mass is 16.3. The first-order valence-corrected chi connectivity index (χ1v) is 7.66. The molecule has 2 N–H and O–H groups in total. The topological polar surface area (TPSA) is 65.5 Å². The summed E-state index contributed by atoms with van der Waals surface area (Å²) in [4.78, 5) is 18.4. The van der Waals surface area contributed by atoms with Crippen LogP contribution in [0.5, 0.6) is 0 Å². The average molecular weight is 313 g/mol. The SMILES string of the molecule is CN(C)c1ccc(C(=O)NCC(CO)Cc2ccccn2)cc1. The molecule has 0 fully saturated rings. The molecule has 5 heteroatoms. The molecule has 5 nitrogen and oxygen atoms in total. The lowest BCUT2D eigenvalue weighted by Crippen LogP contribution is -2.32. The van der Waals surface area contributed by atoms with E-state index in [2.05, 4.69) is 10.3 Å². The molecule has 0 radical (unpaired) electrons. The van der Waals surface area contributed by atoms with Gasteiger partial charge in [0.1, 0.15) is 0 Å². The molecule has 1 aromatic heterocycles. The van der Waals surface area contributed by atoms with Gasteiger partial charge in [-0.1, -0.05) is 6.07 Å². The lowest BCUT2D eigenvalue weighted by atomic mass is 10.0. The van der Waals surface area contributed by atoms with Gasteiger partial charge in [0.2, 0.25) is 0 Å². The van der Waals surface area contributed by atoms with E-state index >= 15 is 0 Å². The van der Waals surface area contributed by atoms with Gasteiger partial charge < -0.3 is 15.3 Å². The van der Waals surface area contributed by atoms with Crippen LogP contribution in [0.25, 0.3) is 0 Å². The number of carbonyl (C=O) groups excluding carboxylic acids is 1. The second-order valence-corrected chi connectivity index (χ2v) is 5.73. The van der Waals surface area contributed by atoms with E-state index in [0.29, 0.717) is 18.5 Å². The van der Waals surface area contributed by atoms with Crippen molar-refractivity contribution in [2.24, 2.45) is 5.92 Å². The van der Waals surface area contributed by atoms with Crippen LogP contribution in [-0.2, 0) is 6.42 Å². The Labute approximate surface area is 137 Å². The minimum atomic E-state index is -0.130. The van der Waals surface area contributed by atoms with Gasteiger partial charge in [-0.05, 0) is 42.8 Å². The fourth-order valence-corrected chi connectivity index (χ4v) is 2.27. The minimum Gasteiger partial charge on any atom is -0.396 e. The number of carbonyl (C=O) groups is 1.